The van der Waals surface area contributed by atoms with Crippen LogP contribution in [0.4, 0.5) is 14.6 Å². The molecular weight excluding hydrogens is 210 g/mol. The number of hydrogen-bond acceptors (Lipinski definition) is 2. The molecule has 1 aromatic heterocycles. The predicted molar refractivity (Wildman–Crippen MR) is 58.7 cm³/mol. The number of aromatic nitrogens is 1. The lowest BCUT2D eigenvalue weighted by atomic mass is 10.2. The van der Waals surface area contributed by atoms with Gasteiger partial charge in [-0.05, 0) is 19.1 Å². The summed E-state index contributed by atoms with van der Waals surface area (Å²) in [5.41, 5.74) is 1.41. The molecule has 0 saturated carbocycles. The molecule has 1 saturated heterocycles. The molecule has 1 aliphatic heterocycles. The second kappa shape index (κ2) is 3.75. The maximum absolute atomic E-state index is 13.0. The average Bonchev–Trinajstić information content (AvgIpc) is 2.59. The number of anilines is 1. The number of aryl methyl sites for hydroxylation is 1. The summed E-state index contributed by atoms with van der Waals surface area (Å²) in [4.78, 5) is 5.83. The molecule has 0 amide bonds. The fourth-order valence-corrected chi connectivity index (χ4v) is 1.81. The molecule has 0 aliphatic carbocycles. The van der Waals surface area contributed by atoms with E-state index in [1.807, 2.05) is 0 Å². The summed E-state index contributed by atoms with van der Waals surface area (Å²) in [5.74, 6) is 0.481. The van der Waals surface area contributed by atoms with Crippen molar-refractivity contribution in [3.05, 3.63) is 23.4 Å². The van der Waals surface area contributed by atoms with E-state index in [1.54, 1.807) is 24.0 Å². The van der Waals surface area contributed by atoms with Crippen LogP contribution in [0, 0.1) is 19.3 Å². The van der Waals surface area contributed by atoms with Crippen LogP contribution in [0.25, 0.3) is 0 Å². The van der Waals surface area contributed by atoms with Crippen molar-refractivity contribution in [2.45, 2.75) is 19.3 Å². The Kier molecular flexibility index (Phi) is 2.55. The lowest BCUT2D eigenvalue weighted by molar-refractivity contribution is 0.0256. The minimum absolute atomic E-state index is 0.107. The molecule has 0 radical (unpaired) electrons. The molecule has 1 aliphatic rings. The molecule has 84 valence electrons. The van der Waals surface area contributed by atoms with Crippen molar-refractivity contribution in [3.63, 3.8) is 0 Å². The van der Waals surface area contributed by atoms with Gasteiger partial charge in [-0.1, -0.05) is 5.92 Å². The van der Waals surface area contributed by atoms with Crippen molar-refractivity contribution in [2.75, 3.05) is 18.0 Å². The monoisotopic (exact) mass is 222 g/mol. The van der Waals surface area contributed by atoms with Crippen molar-refractivity contribution in [1.29, 1.82) is 0 Å². The molecule has 4 heteroatoms. The van der Waals surface area contributed by atoms with Gasteiger partial charge in [0, 0.05) is 18.5 Å². The first kappa shape index (κ1) is 10.9. The molecule has 1 aromatic rings. The Morgan fingerprint density at radius 2 is 2.25 bits per heavy atom. The van der Waals surface area contributed by atoms with Gasteiger partial charge in [-0.25, -0.2) is 13.8 Å². The molecule has 0 bridgehead atoms. The first-order valence-electron chi connectivity index (χ1n) is 5.09. The Morgan fingerprint density at radius 3 is 2.75 bits per heavy atom. The van der Waals surface area contributed by atoms with E-state index >= 15 is 0 Å². The fourth-order valence-electron chi connectivity index (χ4n) is 1.81. The highest BCUT2D eigenvalue weighted by atomic mass is 19.3. The van der Waals surface area contributed by atoms with Crippen molar-refractivity contribution < 1.29 is 8.78 Å². The molecule has 2 heterocycles. The summed E-state index contributed by atoms with van der Waals surface area (Å²) < 4.78 is 26.0. The highest BCUT2D eigenvalue weighted by Crippen LogP contribution is 2.30. The first-order chi connectivity index (χ1) is 7.52. The maximum Gasteiger partial charge on any atom is 0.266 e. The Bertz CT molecular complexity index is 449. The normalized spacial score (nSPS) is 18.5. The molecule has 16 heavy (non-hydrogen) atoms. The van der Waals surface area contributed by atoms with E-state index in [2.05, 4.69) is 10.9 Å². The third-order valence-electron chi connectivity index (χ3n) is 2.72. The van der Waals surface area contributed by atoms with Crippen LogP contribution in [0.15, 0.2) is 12.1 Å². The molecule has 2 rings (SSSR count). The first-order valence-corrected chi connectivity index (χ1v) is 5.09. The Morgan fingerprint density at radius 1 is 1.50 bits per heavy atom. The van der Waals surface area contributed by atoms with Crippen LogP contribution in [-0.4, -0.2) is 24.0 Å². The van der Waals surface area contributed by atoms with Gasteiger partial charge < -0.3 is 4.90 Å². The van der Waals surface area contributed by atoms with E-state index in [-0.39, 0.29) is 13.0 Å². The van der Waals surface area contributed by atoms with E-state index in [0.29, 0.717) is 23.6 Å². The highest BCUT2D eigenvalue weighted by molar-refractivity contribution is 5.47. The molecular formula is C12H12F2N2. The lowest BCUT2D eigenvalue weighted by Crippen LogP contribution is -2.25. The SMILES string of the molecule is C#Cc1ccc(N2CCC(F)(F)C2)nc1C. The highest BCUT2D eigenvalue weighted by Gasteiger charge is 2.38. The van der Waals surface area contributed by atoms with Gasteiger partial charge in [0.1, 0.15) is 5.82 Å². The van der Waals surface area contributed by atoms with Crippen molar-refractivity contribution in [2.24, 2.45) is 0 Å². The van der Waals surface area contributed by atoms with Gasteiger partial charge >= 0.3 is 0 Å². The van der Waals surface area contributed by atoms with Crippen LogP contribution in [0.3, 0.4) is 0 Å². The van der Waals surface area contributed by atoms with E-state index < -0.39 is 5.92 Å². The van der Waals surface area contributed by atoms with Gasteiger partial charge in [0.05, 0.1) is 12.2 Å². The quantitative estimate of drug-likeness (QED) is 0.677. The van der Waals surface area contributed by atoms with E-state index in [1.165, 1.54) is 0 Å². The lowest BCUT2D eigenvalue weighted by Gasteiger charge is -2.17. The molecule has 0 aromatic carbocycles. The molecule has 1 fully saturated rings. The number of halogens is 2. The van der Waals surface area contributed by atoms with E-state index in [4.69, 9.17) is 6.42 Å². The molecule has 0 spiro atoms. The van der Waals surface area contributed by atoms with Gasteiger partial charge in [0.25, 0.3) is 5.92 Å². The molecule has 0 unspecified atom stereocenters. The number of hydrogen-bond donors (Lipinski definition) is 0. The fraction of sp³-hybridized carbons (Fsp3) is 0.417. The second-order valence-corrected chi connectivity index (χ2v) is 3.97. The third-order valence-corrected chi connectivity index (χ3v) is 2.72. The van der Waals surface area contributed by atoms with E-state index in [0.717, 1.165) is 0 Å². The zero-order chi connectivity index (χ0) is 11.8. The van der Waals surface area contributed by atoms with Crippen molar-refractivity contribution in [1.82, 2.24) is 4.98 Å². The minimum Gasteiger partial charge on any atom is -0.350 e. The van der Waals surface area contributed by atoms with Crippen LogP contribution in [0.5, 0.6) is 0 Å². The summed E-state index contributed by atoms with van der Waals surface area (Å²) in [6, 6.07) is 3.44. The van der Waals surface area contributed by atoms with Crippen LogP contribution in [0.1, 0.15) is 17.7 Å². The third kappa shape index (κ3) is 1.99. The zero-order valence-corrected chi connectivity index (χ0v) is 9.00. The Hall–Kier alpha value is -1.63. The van der Waals surface area contributed by atoms with Gasteiger partial charge in [0.15, 0.2) is 0 Å². The van der Waals surface area contributed by atoms with E-state index in [9.17, 15) is 8.78 Å². The average molecular weight is 222 g/mol. The molecule has 0 atom stereocenters. The number of rotatable bonds is 1. The zero-order valence-electron chi connectivity index (χ0n) is 9.00. The van der Waals surface area contributed by atoms with Crippen LogP contribution < -0.4 is 4.90 Å². The number of terminal acetylenes is 1. The molecule has 2 nitrogen and oxygen atoms in total. The Balaban J connectivity index is 2.24. The predicted octanol–water partition coefficient (Wildman–Crippen LogP) is 2.22. The standard InChI is InChI=1S/C12H12F2N2/c1-3-10-4-5-11(15-9(10)2)16-7-6-12(13,14)8-16/h1,4-5H,6-8H2,2H3. The summed E-state index contributed by atoms with van der Waals surface area (Å²) in [6.07, 6.45) is 5.17. The van der Waals surface area contributed by atoms with Gasteiger partial charge in [-0.15, -0.1) is 6.42 Å². The number of nitrogens with zero attached hydrogens (tertiary/aromatic N) is 2. The van der Waals surface area contributed by atoms with Gasteiger partial charge in [-0.2, -0.15) is 0 Å². The molecule has 0 N–H and O–H groups in total. The Labute approximate surface area is 93.3 Å². The second-order valence-electron chi connectivity index (χ2n) is 3.97. The minimum atomic E-state index is -2.60. The maximum atomic E-state index is 13.0. The topological polar surface area (TPSA) is 16.1 Å². The summed E-state index contributed by atoms with van der Waals surface area (Å²) >= 11 is 0. The van der Waals surface area contributed by atoms with Crippen molar-refractivity contribution >= 4 is 5.82 Å². The summed E-state index contributed by atoms with van der Waals surface area (Å²) in [6.45, 7) is 1.87. The summed E-state index contributed by atoms with van der Waals surface area (Å²) in [5, 5.41) is 0. The number of alkyl halides is 2. The van der Waals surface area contributed by atoms with Crippen molar-refractivity contribution in [3.8, 4) is 12.3 Å². The largest absolute Gasteiger partial charge is 0.350 e. The smallest absolute Gasteiger partial charge is 0.266 e. The van der Waals surface area contributed by atoms with Crippen LogP contribution >= 0.6 is 0 Å². The van der Waals surface area contributed by atoms with Crippen LogP contribution in [0.2, 0.25) is 0 Å². The summed E-state index contributed by atoms with van der Waals surface area (Å²) in [7, 11) is 0. The number of pyridine rings is 1. The van der Waals surface area contributed by atoms with Gasteiger partial charge in [0.2, 0.25) is 0 Å². The van der Waals surface area contributed by atoms with Crippen LogP contribution in [-0.2, 0) is 0 Å². The van der Waals surface area contributed by atoms with Gasteiger partial charge in [-0.3, -0.25) is 0 Å².